The summed E-state index contributed by atoms with van der Waals surface area (Å²) in [5, 5.41) is 2.90. The van der Waals surface area contributed by atoms with Crippen molar-refractivity contribution in [1.29, 1.82) is 0 Å². The highest BCUT2D eigenvalue weighted by atomic mass is 32.1. The Morgan fingerprint density at radius 3 is 2.67 bits per heavy atom. The zero-order valence-electron chi connectivity index (χ0n) is 11.6. The number of pyridine rings is 1. The maximum absolute atomic E-state index is 12.7. The van der Waals surface area contributed by atoms with Crippen molar-refractivity contribution in [2.24, 2.45) is 5.73 Å². The number of nitrogens with two attached hydrogens (primary N) is 1. The summed E-state index contributed by atoms with van der Waals surface area (Å²) in [6, 6.07) is 2.73. The van der Waals surface area contributed by atoms with Crippen LogP contribution in [0, 0.1) is 0 Å². The summed E-state index contributed by atoms with van der Waals surface area (Å²) < 4.78 is 38.1. The number of aromatic nitrogens is 1. The van der Waals surface area contributed by atoms with Crippen molar-refractivity contribution in [2.45, 2.75) is 25.1 Å². The van der Waals surface area contributed by atoms with Crippen LogP contribution in [0.4, 0.5) is 19.0 Å². The number of anilines is 1. The van der Waals surface area contributed by atoms with E-state index in [2.05, 4.69) is 15.2 Å². The number of likely N-dealkylation sites (N-methyl/N-ethyl adjacent to an activating group) is 1. The highest BCUT2D eigenvalue weighted by molar-refractivity contribution is 7.80. The number of hydrogen-bond acceptors (Lipinski definition) is 4. The van der Waals surface area contributed by atoms with Crippen molar-refractivity contribution in [2.75, 3.05) is 25.5 Å². The third kappa shape index (κ3) is 4.28. The van der Waals surface area contributed by atoms with Crippen LogP contribution in [0.25, 0.3) is 0 Å². The van der Waals surface area contributed by atoms with Crippen molar-refractivity contribution in [3.8, 4) is 0 Å². The van der Waals surface area contributed by atoms with Gasteiger partial charge in [0.1, 0.15) is 16.5 Å². The van der Waals surface area contributed by atoms with Gasteiger partial charge in [0.15, 0.2) is 0 Å². The Bertz CT molecular complexity index is 529. The summed E-state index contributed by atoms with van der Waals surface area (Å²) in [5.41, 5.74) is 4.89. The number of hydrogen-bond donors (Lipinski definition) is 2. The molecule has 0 spiro atoms. The van der Waals surface area contributed by atoms with Crippen molar-refractivity contribution < 1.29 is 13.2 Å². The topological polar surface area (TPSA) is 54.2 Å². The lowest BCUT2D eigenvalue weighted by Crippen LogP contribution is -2.28. The fraction of sp³-hybridized carbons (Fsp3) is 0.538. The molecule has 0 saturated heterocycles. The van der Waals surface area contributed by atoms with Gasteiger partial charge in [0.05, 0.1) is 5.56 Å². The molecule has 0 aliphatic heterocycles. The molecule has 1 saturated carbocycles. The van der Waals surface area contributed by atoms with Crippen LogP contribution in [-0.2, 0) is 6.18 Å². The second-order valence-corrected chi connectivity index (χ2v) is 5.53. The second-order valence-electron chi connectivity index (χ2n) is 5.09. The normalized spacial score (nSPS) is 15.3. The van der Waals surface area contributed by atoms with E-state index in [1.807, 2.05) is 7.05 Å². The van der Waals surface area contributed by atoms with Gasteiger partial charge in [-0.3, -0.25) is 0 Å². The van der Waals surface area contributed by atoms with Gasteiger partial charge in [-0.2, -0.15) is 13.2 Å². The van der Waals surface area contributed by atoms with Gasteiger partial charge in [0, 0.05) is 19.1 Å². The molecule has 3 N–H and O–H groups in total. The van der Waals surface area contributed by atoms with Gasteiger partial charge in [-0.1, -0.05) is 12.2 Å². The quantitative estimate of drug-likeness (QED) is 0.788. The second kappa shape index (κ2) is 6.15. The van der Waals surface area contributed by atoms with Gasteiger partial charge in [-0.15, -0.1) is 0 Å². The van der Waals surface area contributed by atoms with Crippen LogP contribution < -0.4 is 11.1 Å². The van der Waals surface area contributed by atoms with E-state index in [9.17, 15) is 13.2 Å². The Hall–Kier alpha value is -1.41. The number of nitrogens with zero attached hydrogens (tertiary/aromatic N) is 2. The van der Waals surface area contributed by atoms with E-state index in [1.165, 1.54) is 18.9 Å². The number of nitrogens with one attached hydrogen (secondary N) is 1. The Balaban J connectivity index is 2.08. The molecule has 0 aromatic carbocycles. The SMILES string of the molecule is CN(CCNc1nc(C(F)(F)F)ccc1C(N)=S)C1CC1. The highest BCUT2D eigenvalue weighted by Crippen LogP contribution is 2.29. The fourth-order valence-corrected chi connectivity index (χ4v) is 2.16. The highest BCUT2D eigenvalue weighted by Gasteiger charge is 2.33. The zero-order valence-corrected chi connectivity index (χ0v) is 12.4. The number of halogens is 3. The van der Waals surface area contributed by atoms with Gasteiger partial charge in [0.25, 0.3) is 0 Å². The minimum Gasteiger partial charge on any atom is -0.389 e. The molecule has 0 radical (unpaired) electrons. The van der Waals surface area contributed by atoms with E-state index in [0.717, 1.165) is 12.6 Å². The summed E-state index contributed by atoms with van der Waals surface area (Å²) in [6.45, 7) is 1.20. The third-order valence-corrected chi connectivity index (χ3v) is 3.60. The maximum Gasteiger partial charge on any atom is 0.433 e. The van der Waals surface area contributed by atoms with E-state index < -0.39 is 11.9 Å². The van der Waals surface area contributed by atoms with Gasteiger partial charge in [-0.05, 0) is 32.0 Å². The molecule has 1 aliphatic carbocycles. The van der Waals surface area contributed by atoms with Gasteiger partial charge >= 0.3 is 6.18 Å². The number of thiocarbonyl (C=S) groups is 1. The van der Waals surface area contributed by atoms with Gasteiger partial charge in [0.2, 0.25) is 0 Å². The van der Waals surface area contributed by atoms with E-state index in [4.69, 9.17) is 18.0 Å². The average Bonchev–Trinajstić information content (AvgIpc) is 3.21. The Morgan fingerprint density at radius 2 is 2.14 bits per heavy atom. The molecule has 1 aromatic heterocycles. The first-order chi connectivity index (χ1) is 9.79. The summed E-state index contributed by atoms with van der Waals surface area (Å²) >= 11 is 4.85. The minimum atomic E-state index is -4.49. The molecular formula is C13H17F3N4S. The Labute approximate surface area is 126 Å². The summed E-state index contributed by atoms with van der Waals surface area (Å²) in [5.74, 6) is 0.0847. The molecule has 1 fully saturated rings. The number of alkyl halides is 3. The molecule has 0 bridgehead atoms. The lowest BCUT2D eigenvalue weighted by molar-refractivity contribution is -0.141. The summed E-state index contributed by atoms with van der Waals surface area (Å²) in [4.78, 5) is 5.79. The summed E-state index contributed by atoms with van der Waals surface area (Å²) in [6.07, 6.45) is -2.14. The molecule has 4 nitrogen and oxygen atoms in total. The fourth-order valence-electron chi connectivity index (χ4n) is 2.00. The lowest BCUT2D eigenvalue weighted by atomic mass is 10.2. The molecule has 116 valence electrons. The summed E-state index contributed by atoms with van der Waals surface area (Å²) in [7, 11) is 1.99. The van der Waals surface area contributed by atoms with E-state index in [0.29, 0.717) is 18.2 Å². The molecule has 8 heteroatoms. The van der Waals surface area contributed by atoms with E-state index >= 15 is 0 Å². The molecule has 1 aromatic rings. The van der Waals surface area contributed by atoms with E-state index in [-0.39, 0.29) is 10.8 Å². The molecule has 0 atom stereocenters. The smallest absolute Gasteiger partial charge is 0.389 e. The van der Waals surface area contributed by atoms with Gasteiger partial charge in [-0.25, -0.2) is 4.98 Å². The molecular weight excluding hydrogens is 301 g/mol. The van der Waals surface area contributed by atoms with Crippen LogP contribution in [0.5, 0.6) is 0 Å². The van der Waals surface area contributed by atoms with Crippen molar-refractivity contribution in [1.82, 2.24) is 9.88 Å². The van der Waals surface area contributed by atoms with Crippen molar-refractivity contribution >= 4 is 23.0 Å². The lowest BCUT2D eigenvalue weighted by Gasteiger charge is -2.17. The molecule has 21 heavy (non-hydrogen) atoms. The molecule has 0 unspecified atom stereocenters. The largest absolute Gasteiger partial charge is 0.433 e. The molecule has 1 heterocycles. The van der Waals surface area contributed by atoms with Crippen LogP contribution in [0.1, 0.15) is 24.1 Å². The van der Waals surface area contributed by atoms with Crippen molar-refractivity contribution in [3.05, 3.63) is 23.4 Å². The standard InChI is InChI=1S/C13H17F3N4S/c1-20(8-2-3-8)7-6-18-12-9(11(17)21)4-5-10(19-12)13(14,15)16/h4-5,8H,2-3,6-7H2,1H3,(H2,17,21)(H,18,19). The van der Waals surface area contributed by atoms with Crippen molar-refractivity contribution in [3.63, 3.8) is 0 Å². The zero-order chi connectivity index (χ0) is 15.6. The maximum atomic E-state index is 12.7. The first-order valence-electron chi connectivity index (χ1n) is 6.61. The molecule has 2 rings (SSSR count). The number of rotatable bonds is 6. The third-order valence-electron chi connectivity index (χ3n) is 3.38. The monoisotopic (exact) mass is 318 g/mol. The molecule has 0 amide bonds. The van der Waals surface area contributed by atoms with Gasteiger partial charge < -0.3 is 16.0 Å². The van der Waals surface area contributed by atoms with Crippen LogP contribution in [0.3, 0.4) is 0 Å². The van der Waals surface area contributed by atoms with Crippen LogP contribution in [0.15, 0.2) is 12.1 Å². The first-order valence-corrected chi connectivity index (χ1v) is 7.02. The van der Waals surface area contributed by atoms with E-state index in [1.54, 1.807) is 0 Å². The van der Waals surface area contributed by atoms with Crippen LogP contribution >= 0.6 is 12.2 Å². The average molecular weight is 318 g/mol. The Kier molecular flexibility index (Phi) is 4.67. The predicted octanol–water partition coefficient (Wildman–Crippen LogP) is 2.24. The van der Waals surface area contributed by atoms with Crippen LogP contribution in [-0.4, -0.2) is 41.1 Å². The minimum absolute atomic E-state index is 0.0225. The Morgan fingerprint density at radius 1 is 1.48 bits per heavy atom. The predicted molar refractivity (Wildman–Crippen MR) is 79.3 cm³/mol. The van der Waals surface area contributed by atoms with Crippen LogP contribution in [0.2, 0.25) is 0 Å². The first kappa shape index (κ1) is 16.0. The molecule has 1 aliphatic rings.